The first-order valence-corrected chi connectivity index (χ1v) is 16.1. The lowest BCUT2D eigenvalue weighted by atomic mass is 10.1. The van der Waals surface area contributed by atoms with E-state index in [-0.39, 0.29) is 0 Å². The molecule has 0 atom stereocenters. The molecule has 0 aliphatic rings. The zero-order valence-corrected chi connectivity index (χ0v) is 27.7. The van der Waals surface area contributed by atoms with Gasteiger partial charge in [-0.2, -0.15) is 0 Å². The molecule has 0 N–H and O–H groups in total. The highest BCUT2D eigenvalue weighted by Gasteiger charge is 2.15. The lowest BCUT2D eigenvalue weighted by Gasteiger charge is -2.23. The van der Waals surface area contributed by atoms with Crippen LogP contribution >= 0.6 is 11.3 Å². The number of rotatable bonds is 23. The predicted molar refractivity (Wildman–Crippen MR) is 179 cm³/mol. The van der Waals surface area contributed by atoms with Gasteiger partial charge in [-0.25, -0.2) is 4.98 Å². The summed E-state index contributed by atoms with van der Waals surface area (Å²) >= 11 is 1.60. The summed E-state index contributed by atoms with van der Waals surface area (Å²) in [7, 11) is 4.96. The lowest BCUT2D eigenvalue weighted by molar-refractivity contribution is 0.0296. The Morgan fingerprint density at radius 2 is 1.11 bits per heavy atom. The first-order chi connectivity index (χ1) is 22.7. The van der Waals surface area contributed by atoms with Crippen LogP contribution < -0.4 is 23.8 Å². The van der Waals surface area contributed by atoms with Gasteiger partial charge < -0.3 is 42.8 Å². The third-order valence-electron chi connectivity index (χ3n) is 6.63. The number of hydrogen-bond donors (Lipinski definition) is 0. The normalized spacial score (nSPS) is 10.9. The highest BCUT2D eigenvalue weighted by atomic mass is 32.1. The van der Waals surface area contributed by atoms with Crippen LogP contribution in [0, 0.1) is 0 Å². The van der Waals surface area contributed by atoms with E-state index in [1.54, 1.807) is 32.7 Å². The summed E-state index contributed by atoms with van der Waals surface area (Å²) in [5.41, 5.74) is 3.10. The van der Waals surface area contributed by atoms with Gasteiger partial charge in [0.05, 0.1) is 52.4 Å². The molecule has 3 aromatic carbocycles. The van der Waals surface area contributed by atoms with Crippen molar-refractivity contribution in [3.05, 3.63) is 95.0 Å². The number of ether oxygens (including phenoxy) is 8. The molecule has 1 aromatic heterocycles. The first-order valence-electron chi connectivity index (χ1n) is 15.2. The second kappa shape index (κ2) is 20.3. The summed E-state index contributed by atoms with van der Waals surface area (Å²) in [5.74, 6) is 3.13. The van der Waals surface area contributed by atoms with Crippen molar-refractivity contribution >= 4 is 16.5 Å². The Morgan fingerprint density at radius 1 is 0.587 bits per heavy atom. The van der Waals surface area contributed by atoms with Crippen molar-refractivity contribution in [2.45, 2.75) is 19.7 Å². The van der Waals surface area contributed by atoms with E-state index in [0.717, 1.165) is 45.0 Å². The standard InChI is InChI=1S/C35H44N2O8S/c1-38-13-18-43-32-10-4-7-28(21-32)24-37(25-29-8-5-11-33(22-29)44-19-14-39-2)35-36-30(27-46-35)26-42-16-15-41-17-20-45-34-12-6-9-31(23-34)40-3/h4-12,21-23,27H,13-20,24-26H2,1-3H3. The molecule has 0 bridgehead atoms. The summed E-state index contributed by atoms with van der Waals surface area (Å²) in [5, 5.41) is 2.95. The molecule has 46 heavy (non-hydrogen) atoms. The van der Waals surface area contributed by atoms with Gasteiger partial charge in [-0.05, 0) is 47.5 Å². The second-order valence-corrected chi connectivity index (χ2v) is 11.0. The van der Waals surface area contributed by atoms with Crippen molar-refractivity contribution in [2.24, 2.45) is 0 Å². The van der Waals surface area contributed by atoms with Crippen LogP contribution in [0.2, 0.25) is 0 Å². The predicted octanol–water partition coefficient (Wildman–Crippen LogP) is 6.02. The number of methoxy groups -OCH3 is 3. The molecule has 0 unspecified atom stereocenters. The van der Waals surface area contributed by atoms with E-state index in [4.69, 9.17) is 42.9 Å². The van der Waals surface area contributed by atoms with Crippen LogP contribution in [0.3, 0.4) is 0 Å². The first kappa shape index (κ1) is 35.0. The van der Waals surface area contributed by atoms with Crippen molar-refractivity contribution in [1.82, 2.24) is 4.98 Å². The van der Waals surface area contributed by atoms with E-state index in [1.165, 1.54) is 0 Å². The Bertz CT molecular complexity index is 1360. The van der Waals surface area contributed by atoms with Gasteiger partial charge in [0.15, 0.2) is 5.13 Å². The fourth-order valence-corrected chi connectivity index (χ4v) is 5.21. The Kier molecular flexibility index (Phi) is 15.4. The fourth-order valence-electron chi connectivity index (χ4n) is 4.40. The maximum absolute atomic E-state index is 5.86. The molecule has 0 spiro atoms. The summed E-state index contributed by atoms with van der Waals surface area (Å²) < 4.78 is 44.4. The maximum Gasteiger partial charge on any atom is 0.186 e. The third kappa shape index (κ3) is 12.5. The maximum atomic E-state index is 5.86. The highest BCUT2D eigenvalue weighted by Crippen LogP contribution is 2.27. The van der Waals surface area contributed by atoms with Crippen molar-refractivity contribution in [3.63, 3.8) is 0 Å². The molecular formula is C35H44N2O8S. The molecule has 4 aromatic rings. The van der Waals surface area contributed by atoms with Crippen molar-refractivity contribution in [2.75, 3.05) is 79.1 Å². The average Bonchev–Trinajstić information content (AvgIpc) is 3.55. The van der Waals surface area contributed by atoms with Gasteiger partial charge >= 0.3 is 0 Å². The van der Waals surface area contributed by atoms with Crippen LogP contribution in [0.1, 0.15) is 16.8 Å². The van der Waals surface area contributed by atoms with Crippen LogP contribution in [0.25, 0.3) is 0 Å². The van der Waals surface area contributed by atoms with Crippen molar-refractivity contribution in [3.8, 4) is 23.0 Å². The van der Waals surface area contributed by atoms with E-state index in [2.05, 4.69) is 29.2 Å². The molecule has 11 heteroatoms. The van der Waals surface area contributed by atoms with Gasteiger partial charge in [0.1, 0.15) is 42.8 Å². The molecule has 0 aliphatic carbocycles. The Morgan fingerprint density at radius 3 is 1.72 bits per heavy atom. The van der Waals surface area contributed by atoms with Gasteiger partial charge in [0, 0.05) is 38.8 Å². The largest absolute Gasteiger partial charge is 0.497 e. The minimum atomic E-state index is 0.402. The minimum Gasteiger partial charge on any atom is -0.497 e. The second-order valence-electron chi connectivity index (χ2n) is 10.1. The van der Waals surface area contributed by atoms with Gasteiger partial charge in [0.25, 0.3) is 0 Å². The summed E-state index contributed by atoms with van der Waals surface area (Å²) in [6, 6.07) is 23.8. The smallest absolute Gasteiger partial charge is 0.186 e. The third-order valence-corrected chi connectivity index (χ3v) is 7.58. The van der Waals surface area contributed by atoms with Crippen molar-refractivity contribution < 1.29 is 37.9 Å². The minimum absolute atomic E-state index is 0.402. The van der Waals surface area contributed by atoms with Crippen LogP contribution in [0.15, 0.2) is 78.2 Å². The topological polar surface area (TPSA) is 90.0 Å². The molecule has 248 valence electrons. The number of thiazole rings is 1. The molecule has 0 fully saturated rings. The molecule has 0 aliphatic heterocycles. The number of nitrogens with zero attached hydrogens (tertiary/aromatic N) is 2. The lowest BCUT2D eigenvalue weighted by Crippen LogP contribution is -2.22. The van der Waals surface area contributed by atoms with Crippen LogP contribution in [0.4, 0.5) is 5.13 Å². The van der Waals surface area contributed by atoms with Gasteiger partial charge in [-0.15, -0.1) is 11.3 Å². The summed E-state index contributed by atoms with van der Waals surface area (Å²) in [4.78, 5) is 7.17. The fraction of sp³-hybridized carbons (Fsp3) is 0.400. The quantitative estimate of drug-likeness (QED) is 0.0887. The molecule has 0 saturated heterocycles. The van der Waals surface area contributed by atoms with E-state index < -0.39 is 0 Å². The summed E-state index contributed by atoms with van der Waals surface area (Å²) in [6.45, 7) is 5.61. The average molecular weight is 653 g/mol. The van der Waals surface area contributed by atoms with Gasteiger partial charge in [-0.1, -0.05) is 30.3 Å². The van der Waals surface area contributed by atoms with E-state index in [9.17, 15) is 0 Å². The molecule has 0 radical (unpaired) electrons. The SMILES string of the molecule is COCCOc1cccc(CN(Cc2cccc(OCCOC)c2)c2nc(COCCOCCOc3cccc(OC)c3)cs2)c1. The Hall–Kier alpha value is -3.87. The Labute approximate surface area is 275 Å². The molecule has 4 rings (SSSR count). The Balaban J connectivity index is 1.30. The van der Waals surface area contributed by atoms with E-state index >= 15 is 0 Å². The van der Waals surface area contributed by atoms with Gasteiger partial charge in [-0.3, -0.25) is 0 Å². The molecular weight excluding hydrogens is 608 g/mol. The monoisotopic (exact) mass is 652 g/mol. The van der Waals surface area contributed by atoms with Crippen LogP contribution in [-0.2, 0) is 38.6 Å². The molecule has 0 saturated carbocycles. The number of benzene rings is 3. The number of hydrogen-bond acceptors (Lipinski definition) is 11. The molecule has 1 heterocycles. The molecule has 10 nitrogen and oxygen atoms in total. The summed E-state index contributed by atoms with van der Waals surface area (Å²) in [6.07, 6.45) is 0. The van der Waals surface area contributed by atoms with Gasteiger partial charge in [0.2, 0.25) is 0 Å². The van der Waals surface area contributed by atoms with E-state index in [1.807, 2.05) is 53.9 Å². The van der Waals surface area contributed by atoms with E-state index in [0.29, 0.717) is 72.6 Å². The number of anilines is 1. The molecule has 0 amide bonds. The number of aromatic nitrogens is 1. The van der Waals surface area contributed by atoms with Crippen LogP contribution in [-0.4, -0.2) is 79.2 Å². The van der Waals surface area contributed by atoms with Crippen LogP contribution in [0.5, 0.6) is 23.0 Å². The highest BCUT2D eigenvalue weighted by molar-refractivity contribution is 7.13. The zero-order chi connectivity index (χ0) is 32.2. The van der Waals surface area contributed by atoms with Crippen molar-refractivity contribution in [1.29, 1.82) is 0 Å². The zero-order valence-electron chi connectivity index (χ0n) is 26.9.